The smallest absolute Gasteiger partial charge is 0.324 e. The molecule has 0 radical (unpaired) electrons. The lowest BCUT2D eigenvalue weighted by Crippen LogP contribution is -2.78. The summed E-state index contributed by atoms with van der Waals surface area (Å²) in [6.07, 6.45) is 4.54. The van der Waals surface area contributed by atoms with Crippen LogP contribution in [-0.2, 0) is 38.1 Å². The molecule has 0 aromatic heterocycles. The van der Waals surface area contributed by atoms with E-state index >= 15 is 0 Å². The molecule has 4 N–H and O–H groups in total. The molecule has 13 nitrogen and oxygen atoms in total. The van der Waals surface area contributed by atoms with E-state index in [1.807, 2.05) is 32.9 Å². The monoisotopic (exact) mass is 789 g/mol. The normalized spacial score (nSPS) is 45.0. The van der Waals surface area contributed by atoms with Crippen LogP contribution in [0.2, 0.25) is 0 Å². The van der Waals surface area contributed by atoms with E-state index in [4.69, 9.17) is 23.7 Å². The van der Waals surface area contributed by atoms with Crippen molar-refractivity contribution < 1.29 is 58.5 Å². The highest BCUT2D eigenvalue weighted by Gasteiger charge is 2.71. The number of aliphatic hydroxyl groups excluding tert-OH is 2. The fourth-order valence-corrected chi connectivity index (χ4v) is 9.87. The molecule has 4 fully saturated rings. The molecular weight excluding hydrogens is 722 g/mol. The number of Topliss-reactive ketones (excluding diaryl/α,β-unsaturated/α-hetero) is 2. The van der Waals surface area contributed by atoms with E-state index in [0.717, 1.165) is 5.57 Å². The second-order valence-corrected chi connectivity index (χ2v) is 17.4. The minimum Gasteiger partial charge on any atom is -0.456 e. The number of allylic oxidation sites excluding steroid dienone is 4. The van der Waals surface area contributed by atoms with E-state index in [1.165, 1.54) is 12.0 Å². The number of rotatable bonds is 6. The number of nitrogens with zero attached hydrogens (tertiary/aromatic N) is 1. The standard InChI is InChI=1S/C43H67NO12/c1-9-12-30-18-24(2)17-25(3)19-37-39-36(53-8)21-27(5)40(48)42(50,56-39)43(51,55-37)44-16-11-10-13-31(44)41(49)54-38(28(6)33(46)23-34(30)47)26(4)20-29-14-15-32(45)35(22-29)52-7/h9,18,20,25,27-33,35-39,45-46,50-51H,1,10-17,19,21-23H2,2-8H3/b24-18+,26-20+/t25-,27+,28-,29?,30?,31?,32-,33+,35-,36+,37?,38-,39?,42-,43?/m1/s1. The van der Waals surface area contributed by atoms with Gasteiger partial charge in [-0.25, -0.2) is 4.90 Å². The van der Waals surface area contributed by atoms with E-state index in [0.29, 0.717) is 56.9 Å². The van der Waals surface area contributed by atoms with Gasteiger partial charge in [0, 0.05) is 44.9 Å². The first-order valence-corrected chi connectivity index (χ1v) is 20.7. The maximum atomic E-state index is 14.6. The second kappa shape index (κ2) is 18.7. The van der Waals surface area contributed by atoms with Crippen LogP contribution in [0.4, 0.5) is 0 Å². The van der Waals surface area contributed by atoms with Crippen molar-refractivity contribution in [1.29, 1.82) is 0 Å². The maximum Gasteiger partial charge on any atom is 0.324 e. The van der Waals surface area contributed by atoms with Crippen LogP contribution in [0.1, 0.15) is 105 Å². The molecule has 3 saturated heterocycles. The Morgan fingerprint density at radius 1 is 0.964 bits per heavy atom. The van der Waals surface area contributed by atoms with E-state index in [9.17, 15) is 34.8 Å². The minimum atomic E-state index is -2.85. The first-order chi connectivity index (χ1) is 26.5. The molecule has 0 aromatic carbocycles. The first kappa shape index (κ1) is 44.8. The molecule has 0 aromatic rings. The zero-order valence-corrected chi connectivity index (χ0v) is 34.4. The van der Waals surface area contributed by atoms with Gasteiger partial charge in [-0.05, 0) is 89.0 Å². The van der Waals surface area contributed by atoms with Crippen LogP contribution in [-0.4, -0.2) is 124 Å². The Bertz CT molecular complexity index is 1480. The van der Waals surface area contributed by atoms with Gasteiger partial charge in [0.1, 0.15) is 24.0 Å². The van der Waals surface area contributed by atoms with Crippen LogP contribution in [0.15, 0.2) is 36.0 Å². The number of ketones is 2. The number of hydrogen-bond acceptors (Lipinski definition) is 13. The van der Waals surface area contributed by atoms with Crippen LogP contribution in [0.3, 0.4) is 0 Å². The van der Waals surface area contributed by atoms with Crippen LogP contribution < -0.4 is 0 Å². The average molecular weight is 790 g/mol. The van der Waals surface area contributed by atoms with Crippen molar-refractivity contribution in [3.63, 3.8) is 0 Å². The Morgan fingerprint density at radius 2 is 1.68 bits per heavy atom. The van der Waals surface area contributed by atoms with Crippen molar-refractivity contribution in [1.82, 2.24) is 4.90 Å². The van der Waals surface area contributed by atoms with E-state index < -0.39 is 83.9 Å². The number of fused-ring (bicyclic) bond motifs is 8. The van der Waals surface area contributed by atoms with Gasteiger partial charge in [0.25, 0.3) is 11.7 Å². The Labute approximate surface area is 332 Å². The second-order valence-electron chi connectivity index (χ2n) is 17.4. The highest BCUT2D eigenvalue weighted by Crippen LogP contribution is 2.48. The molecule has 4 bridgehead atoms. The van der Waals surface area contributed by atoms with Crippen LogP contribution >= 0.6 is 0 Å². The fourth-order valence-electron chi connectivity index (χ4n) is 9.87. The van der Waals surface area contributed by atoms with Crippen molar-refractivity contribution in [2.45, 2.75) is 166 Å². The number of carbonyl (C=O) groups is 3. The lowest BCUT2D eigenvalue weighted by atomic mass is 9.81. The molecular formula is C43H67NO12. The molecule has 0 spiro atoms. The van der Waals surface area contributed by atoms with Gasteiger partial charge in [-0.2, -0.15) is 0 Å². The van der Waals surface area contributed by atoms with Gasteiger partial charge >= 0.3 is 5.97 Å². The molecule has 5 aliphatic rings. The zero-order chi connectivity index (χ0) is 41.1. The number of ether oxygens (including phenoxy) is 5. The molecule has 4 aliphatic heterocycles. The number of aliphatic hydroxyl groups is 4. The molecule has 0 amide bonds. The van der Waals surface area contributed by atoms with E-state index in [2.05, 4.69) is 6.58 Å². The summed E-state index contributed by atoms with van der Waals surface area (Å²) < 4.78 is 30.7. The Kier molecular flexibility index (Phi) is 15.0. The first-order valence-electron chi connectivity index (χ1n) is 20.7. The summed E-state index contributed by atoms with van der Waals surface area (Å²) >= 11 is 0. The highest BCUT2D eigenvalue weighted by molar-refractivity contribution is 5.89. The summed E-state index contributed by atoms with van der Waals surface area (Å²) in [6.45, 7) is 13.2. The SMILES string of the molecule is C=CCC1/C=C(\C)C[C@@H](C)CC2OC(O)(N3CCCCC3C(=O)O[C@H](/C(C)=C/C3CC[C@@H](O)[C@H](OC)C3)[C@H](C)[C@@H](O)CC1=O)[C@]1(O)OC2[C@@H](OC)C[C@H](C)C1=O. The zero-order valence-electron chi connectivity index (χ0n) is 34.4. The highest BCUT2D eigenvalue weighted by atomic mass is 16.8. The number of methoxy groups -OCH3 is 2. The van der Waals surface area contributed by atoms with Crippen molar-refractivity contribution in [2.24, 2.45) is 29.6 Å². The van der Waals surface area contributed by atoms with Gasteiger partial charge in [-0.3, -0.25) is 14.4 Å². The number of carbonyl (C=O) groups excluding carboxylic acids is 3. The molecule has 56 heavy (non-hydrogen) atoms. The predicted molar refractivity (Wildman–Crippen MR) is 207 cm³/mol. The predicted octanol–water partition coefficient (Wildman–Crippen LogP) is 4.14. The summed E-state index contributed by atoms with van der Waals surface area (Å²) in [4.78, 5) is 43.9. The number of hydrogen-bond donors (Lipinski definition) is 4. The summed E-state index contributed by atoms with van der Waals surface area (Å²) in [5.74, 6) is -9.39. The molecule has 13 heteroatoms. The number of esters is 1. The van der Waals surface area contributed by atoms with E-state index in [-0.39, 0.29) is 49.5 Å². The third kappa shape index (κ3) is 9.26. The number of cyclic esters (lactones) is 1. The van der Waals surface area contributed by atoms with Crippen molar-refractivity contribution in [3.05, 3.63) is 36.0 Å². The van der Waals surface area contributed by atoms with Crippen molar-refractivity contribution in [2.75, 3.05) is 20.8 Å². The molecule has 6 unspecified atom stereocenters. The molecule has 1 saturated carbocycles. The van der Waals surface area contributed by atoms with Gasteiger partial charge in [0.2, 0.25) is 5.78 Å². The van der Waals surface area contributed by atoms with E-state index in [1.54, 1.807) is 27.0 Å². The van der Waals surface area contributed by atoms with Crippen molar-refractivity contribution in [3.8, 4) is 0 Å². The summed E-state index contributed by atoms with van der Waals surface area (Å²) in [5.41, 5.74) is 1.61. The molecule has 316 valence electrons. The van der Waals surface area contributed by atoms with Gasteiger partial charge < -0.3 is 44.1 Å². The van der Waals surface area contributed by atoms with Crippen LogP contribution in [0.5, 0.6) is 0 Å². The minimum absolute atomic E-state index is 0.00786. The van der Waals surface area contributed by atoms with Gasteiger partial charge in [-0.1, -0.05) is 51.0 Å². The molecule has 15 atom stereocenters. The topological polar surface area (TPSA) is 182 Å². The summed E-state index contributed by atoms with van der Waals surface area (Å²) in [6, 6.07) is -1.16. The van der Waals surface area contributed by atoms with Gasteiger partial charge in [-0.15, -0.1) is 6.58 Å². The summed E-state index contributed by atoms with van der Waals surface area (Å²) in [5, 5.41) is 47.3. The van der Waals surface area contributed by atoms with Crippen LogP contribution in [0.25, 0.3) is 0 Å². The maximum absolute atomic E-state index is 14.6. The van der Waals surface area contributed by atoms with Gasteiger partial charge in [0.05, 0.1) is 30.5 Å². The van der Waals surface area contributed by atoms with Gasteiger partial charge in [0.15, 0.2) is 0 Å². The molecule has 5 rings (SSSR count). The third-order valence-corrected chi connectivity index (χ3v) is 13.0. The fraction of sp³-hybridized carbons (Fsp3) is 0.791. The Balaban J connectivity index is 1.61. The Morgan fingerprint density at radius 3 is 2.36 bits per heavy atom. The molecule has 1 aliphatic carbocycles. The van der Waals surface area contributed by atoms with Crippen molar-refractivity contribution >= 4 is 17.5 Å². The Hall–Kier alpha value is -2.33. The van der Waals surface area contributed by atoms with Crippen LogP contribution in [0, 0.1) is 29.6 Å². The lowest BCUT2D eigenvalue weighted by Gasteiger charge is -2.56. The average Bonchev–Trinajstić information content (AvgIpc) is 3.25. The quantitative estimate of drug-likeness (QED) is 0.172. The summed E-state index contributed by atoms with van der Waals surface area (Å²) in [7, 11) is 3.08. The molecule has 4 heterocycles. The third-order valence-electron chi connectivity index (χ3n) is 13.0. The number of piperidine rings is 1. The lowest BCUT2D eigenvalue weighted by molar-refractivity contribution is -0.481. The largest absolute Gasteiger partial charge is 0.456 e.